The molecule has 2 aromatic rings. The zero-order valence-corrected chi connectivity index (χ0v) is 14.2. The molecule has 0 unspecified atom stereocenters. The summed E-state index contributed by atoms with van der Waals surface area (Å²) in [7, 11) is 0. The lowest BCUT2D eigenvalue weighted by atomic mass is 10.2. The van der Waals surface area contributed by atoms with Crippen LogP contribution in [0.4, 0.5) is 4.39 Å². The molecule has 1 heterocycles. The van der Waals surface area contributed by atoms with E-state index in [0.717, 1.165) is 21.5 Å². The van der Waals surface area contributed by atoms with Crippen LogP contribution in [0, 0.1) is 5.82 Å². The zero-order chi connectivity index (χ0) is 15.5. The van der Waals surface area contributed by atoms with E-state index < -0.39 is 0 Å². The molecule has 1 aromatic heterocycles. The van der Waals surface area contributed by atoms with Crippen molar-refractivity contribution in [2.24, 2.45) is 0 Å². The molecule has 0 N–H and O–H groups in total. The van der Waals surface area contributed by atoms with Gasteiger partial charge in [-0.2, -0.15) is 0 Å². The van der Waals surface area contributed by atoms with Crippen molar-refractivity contribution in [3.8, 4) is 0 Å². The minimum atomic E-state index is -0.257. The van der Waals surface area contributed by atoms with E-state index in [1.54, 1.807) is 40.5 Å². The molecule has 3 rings (SSSR count). The molecule has 1 aliphatic rings. The summed E-state index contributed by atoms with van der Waals surface area (Å²) in [5.41, 5.74) is 0.565. The maximum absolute atomic E-state index is 13.8. The standard InChI is InChI=1S/C17H15BrFNOS/c18-16-9-7-14(22-16)8-10-17(21)20(13-5-6-13)11-12-3-1-2-4-15(12)19/h1-4,7-10,13H,5-6,11H2/b10-8+. The Kier molecular flexibility index (Phi) is 4.74. The third-order valence-corrected chi connectivity index (χ3v) is 5.14. The van der Waals surface area contributed by atoms with Crippen LogP contribution in [-0.4, -0.2) is 16.8 Å². The molecule has 0 aliphatic heterocycles. The van der Waals surface area contributed by atoms with E-state index in [1.165, 1.54) is 6.07 Å². The molecule has 1 saturated carbocycles. The minimum Gasteiger partial charge on any atom is -0.332 e. The van der Waals surface area contributed by atoms with Crippen molar-refractivity contribution in [1.82, 2.24) is 4.90 Å². The van der Waals surface area contributed by atoms with Crippen LogP contribution in [0.25, 0.3) is 6.08 Å². The van der Waals surface area contributed by atoms with Crippen LogP contribution in [0.2, 0.25) is 0 Å². The summed E-state index contributed by atoms with van der Waals surface area (Å²) >= 11 is 4.97. The number of nitrogens with zero attached hydrogens (tertiary/aromatic N) is 1. The number of benzene rings is 1. The van der Waals surface area contributed by atoms with Crippen LogP contribution < -0.4 is 0 Å². The molecule has 1 aliphatic carbocycles. The van der Waals surface area contributed by atoms with Gasteiger partial charge in [-0.05, 0) is 53.0 Å². The topological polar surface area (TPSA) is 20.3 Å². The molecule has 114 valence electrons. The van der Waals surface area contributed by atoms with E-state index in [2.05, 4.69) is 15.9 Å². The lowest BCUT2D eigenvalue weighted by Crippen LogP contribution is -2.31. The summed E-state index contributed by atoms with van der Waals surface area (Å²) in [6.07, 6.45) is 5.39. The summed E-state index contributed by atoms with van der Waals surface area (Å²) < 4.78 is 14.8. The largest absolute Gasteiger partial charge is 0.332 e. The smallest absolute Gasteiger partial charge is 0.247 e. The molecule has 1 aromatic carbocycles. The normalized spacial score (nSPS) is 14.5. The van der Waals surface area contributed by atoms with Crippen molar-refractivity contribution in [3.05, 3.63) is 62.5 Å². The van der Waals surface area contributed by atoms with Crippen LogP contribution >= 0.6 is 27.3 Å². The molecule has 1 fully saturated rings. The lowest BCUT2D eigenvalue weighted by Gasteiger charge is -2.21. The first-order valence-electron chi connectivity index (χ1n) is 7.11. The predicted molar refractivity (Wildman–Crippen MR) is 91.0 cm³/mol. The van der Waals surface area contributed by atoms with Crippen LogP contribution in [0.15, 0.2) is 46.3 Å². The number of rotatable bonds is 5. The lowest BCUT2D eigenvalue weighted by molar-refractivity contribution is -0.127. The number of amides is 1. The second-order valence-electron chi connectivity index (χ2n) is 5.26. The molecule has 0 spiro atoms. The van der Waals surface area contributed by atoms with Crippen molar-refractivity contribution in [3.63, 3.8) is 0 Å². The van der Waals surface area contributed by atoms with Gasteiger partial charge in [0.2, 0.25) is 5.91 Å². The van der Waals surface area contributed by atoms with E-state index >= 15 is 0 Å². The Morgan fingerprint density at radius 3 is 2.73 bits per heavy atom. The zero-order valence-electron chi connectivity index (χ0n) is 11.8. The average molecular weight is 380 g/mol. The van der Waals surface area contributed by atoms with Crippen molar-refractivity contribution < 1.29 is 9.18 Å². The molecule has 1 amide bonds. The number of hydrogen-bond donors (Lipinski definition) is 0. The summed E-state index contributed by atoms with van der Waals surface area (Å²) in [5, 5.41) is 0. The first kappa shape index (κ1) is 15.4. The first-order valence-corrected chi connectivity index (χ1v) is 8.72. The van der Waals surface area contributed by atoms with Gasteiger partial charge in [-0.1, -0.05) is 18.2 Å². The van der Waals surface area contributed by atoms with Crippen molar-refractivity contribution in [1.29, 1.82) is 0 Å². The number of carbonyl (C=O) groups is 1. The molecule has 5 heteroatoms. The number of halogens is 2. The van der Waals surface area contributed by atoms with Gasteiger partial charge in [0.15, 0.2) is 0 Å². The Morgan fingerprint density at radius 1 is 1.32 bits per heavy atom. The van der Waals surface area contributed by atoms with E-state index in [9.17, 15) is 9.18 Å². The monoisotopic (exact) mass is 379 g/mol. The summed E-state index contributed by atoms with van der Waals surface area (Å²) in [4.78, 5) is 15.2. The molecule has 0 bridgehead atoms. The summed E-state index contributed by atoms with van der Waals surface area (Å²) in [6, 6.07) is 10.8. The van der Waals surface area contributed by atoms with Crippen LogP contribution in [0.1, 0.15) is 23.3 Å². The third kappa shape index (κ3) is 3.84. The fourth-order valence-electron chi connectivity index (χ4n) is 2.25. The summed E-state index contributed by atoms with van der Waals surface area (Å²) in [6.45, 7) is 0.328. The van der Waals surface area contributed by atoms with Crippen LogP contribution in [0.3, 0.4) is 0 Å². The van der Waals surface area contributed by atoms with Gasteiger partial charge >= 0.3 is 0 Å². The SMILES string of the molecule is O=C(/C=C/c1ccc(Br)s1)N(Cc1ccccc1F)C1CC1. The van der Waals surface area contributed by atoms with Crippen molar-refractivity contribution in [2.45, 2.75) is 25.4 Å². The van der Waals surface area contributed by atoms with Crippen LogP contribution in [0.5, 0.6) is 0 Å². The second kappa shape index (κ2) is 6.75. The average Bonchev–Trinajstić information content (AvgIpc) is 3.26. The van der Waals surface area contributed by atoms with E-state index in [1.807, 2.05) is 18.2 Å². The number of thiophene rings is 1. The molecule has 0 saturated heterocycles. The highest BCUT2D eigenvalue weighted by Crippen LogP contribution is 2.29. The highest BCUT2D eigenvalue weighted by molar-refractivity contribution is 9.11. The van der Waals surface area contributed by atoms with E-state index in [4.69, 9.17) is 0 Å². The van der Waals surface area contributed by atoms with Gasteiger partial charge in [-0.25, -0.2) is 4.39 Å². The van der Waals surface area contributed by atoms with Gasteiger partial charge in [-0.3, -0.25) is 4.79 Å². The van der Waals surface area contributed by atoms with Gasteiger partial charge in [-0.15, -0.1) is 11.3 Å². The minimum absolute atomic E-state index is 0.0599. The quantitative estimate of drug-likeness (QED) is 0.679. The maximum atomic E-state index is 13.8. The fraction of sp³-hybridized carbons (Fsp3) is 0.235. The number of carbonyl (C=O) groups excluding carboxylic acids is 1. The molecule has 2 nitrogen and oxygen atoms in total. The van der Waals surface area contributed by atoms with Crippen molar-refractivity contribution in [2.75, 3.05) is 0 Å². The Morgan fingerprint density at radius 2 is 2.09 bits per heavy atom. The Hall–Kier alpha value is -1.46. The Balaban J connectivity index is 1.72. The van der Waals surface area contributed by atoms with Crippen LogP contribution in [-0.2, 0) is 11.3 Å². The van der Waals surface area contributed by atoms with Gasteiger partial charge in [0, 0.05) is 29.1 Å². The highest BCUT2D eigenvalue weighted by atomic mass is 79.9. The Labute approximate surface area is 141 Å². The Bertz CT molecular complexity index is 708. The summed E-state index contributed by atoms with van der Waals surface area (Å²) in [5.74, 6) is -0.317. The molecular weight excluding hydrogens is 365 g/mol. The second-order valence-corrected chi connectivity index (χ2v) is 7.76. The maximum Gasteiger partial charge on any atom is 0.247 e. The fourth-order valence-corrected chi connectivity index (χ4v) is 3.58. The molecule has 22 heavy (non-hydrogen) atoms. The predicted octanol–water partition coefficient (Wildman–Crippen LogP) is 4.85. The highest BCUT2D eigenvalue weighted by Gasteiger charge is 2.31. The van der Waals surface area contributed by atoms with Gasteiger partial charge in [0.05, 0.1) is 3.79 Å². The van der Waals surface area contributed by atoms with Gasteiger partial charge in [0.1, 0.15) is 5.82 Å². The van der Waals surface area contributed by atoms with E-state index in [0.29, 0.717) is 12.1 Å². The molecule has 0 radical (unpaired) electrons. The van der Waals surface area contributed by atoms with E-state index in [-0.39, 0.29) is 17.8 Å². The molecular formula is C17H15BrFNOS. The third-order valence-electron chi connectivity index (χ3n) is 3.55. The number of hydrogen-bond acceptors (Lipinski definition) is 2. The van der Waals surface area contributed by atoms with Gasteiger partial charge < -0.3 is 4.90 Å². The molecule has 0 atom stereocenters. The van der Waals surface area contributed by atoms with Crippen molar-refractivity contribution >= 4 is 39.2 Å². The van der Waals surface area contributed by atoms with Gasteiger partial charge in [0.25, 0.3) is 0 Å². The first-order chi connectivity index (χ1) is 10.6.